The van der Waals surface area contributed by atoms with Crippen molar-refractivity contribution in [3.63, 3.8) is 0 Å². The average molecular weight is 387 g/mol. The maximum atomic E-state index is 13.0. The lowest BCUT2D eigenvalue weighted by atomic mass is 9.72. The summed E-state index contributed by atoms with van der Waals surface area (Å²) in [6, 6.07) is 10.2. The molecule has 1 saturated heterocycles. The quantitative estimate of drug-likeness (QED) is 0.782. The average Bonchev–Trinajstić information content (AvgIpc) is 2.65. The van der Waals surface area contributed by atoms with Gasteiger partial charge in [0.2, 0.25) is 5.91 Å². The molecule has 1 aliphatic heterocycles. The number of benzene rings is 1. The molecule has 1 aromatic rings. The van der Waals surface area contributed by atoms with Gasteiger partial charge >= 0.3 is 0 Å². The molecule has 4 nitrogen and oxygen atoms in total. The fraction of sp³-hybridized carbons (Fsp3) is 0.708. The number of amides is 1. The van der Waals surface area contributed by atoms with Crippen molar-refractivity contribution in [3.05, 3.63) is 35.9 Å². The lowest BCUT2D eigenvalue weighted by Gasteiger charge is -2.46. The zero-order valence-electron chi connectivity index (χ0n) is 17.9. The van der Waals surface area contributed by atoms with Gasteiger partial charge in [0.15, 0.2) is 0 Å². The molecule has 1 amide bonds. The fourth-order valence-electron chi connectivity index (χ4n) is 4.97. The van der Waals surface area contributed by atoms with Crippen molar-refractivity contribution in [1.82, 2.24) is 10.2 Å². The number of carbonyl (C=O) groups excluding carboxylic acids is 1. The Labute approximate surface area is 170 Å². The van der Waals surface area contributed by atoms with Gasteiger partial charge in [0.1, 0.15) is 0 Å². The van der Waals surface area contributed by atoms with Crippen LogP contribution in [-0.2, 0) is 11.2 Å². The van der Waals surface area contributed by atoms with E-state index in [2.05, 4.69) is 22.3 Å². The van der Waals surface area contributed by atoms with Gasteiger partial charge in [-0.05, 0) is 63.9 Å². The summed E-state index contributed by atoms with van der Waals surface area (Å²) in [4.78, 5) is 15.3. The molecule has 2 aliphatic rings. The van der Waals surface area contributed by atoms with E-state index in [0.717, 1.165) is 25.8 Å². The van der Waals surface area contributed by atoms with Crippen molar-refractivity contribution in [2.45, 2.75) is 83.4 Å². The van der Waals surface area contributed by atoms with Crippen LogP contribution >= 0.6 is 0 Å². The number of carbonyl (C=O) groups is 1. The predicted molar refractivity (Wildman–Crippen MR) is 114 cm³/mol. The minimum atomic E-state index is -0.398. The molecule has 4 heteroatoms. The first-order valence-electron chi connectivity index (χ1n) is 11.1. The van der Waals surface area contributed by atoms with Crippen LogP contribution in [0.3, 0.4) is 0 Å². The van der Waals surface area contributed by atoms with Gasteiger partial charge in [-0.1, -0.05) is 49.6 Å². The highest BCUT2D eigenvalue weighted by Crippen LogP contribution is 2.38. The molecule has 0 bridgehead atoms. The van der Waals surface area contributed by atoms with E-state index < -0.39 is 6.10 Å². The summed E-state index contributed by atoms with van der Waals surface area (Å²) in [6.45, 7) is 7.66. The van der Waals surface area contributed by atoms with Gasteiger partial charge in [0.05, 0.1) is 12.1 Å². The Morgan fingerprint density at radius 3 is 2.54 bits per heavy atom. The Balaban J connectivity index is 1.62. The van der Waals surface area contributed by atoms with E-state index in [0.29, 0.717) is 18.4 Å². The van der Waals surface area contributed by atoms with Crippen LogP contribution in [0.4, 0.5) is 0 Å². The molecule has 1 aromatic carbocycles. The molecule has 4 atom stereocenters. The molecule has 1 aliphatic carbocycles. The molecule has 3 rings (SSSR count). The molecule has 2 fully saturated rings. The van der Waals surface area contributed by atoms with Gasteiger partial charge in [0.25, 0.3) is 0 Å². The third kappa shape index (κ3) is 6.05. The lowest BCUT2D eigenvalue weighted by molar-refractivity contribution is -0.132. The summed E-state index contributed by atoms with van der Waals surface area (Å²) in [5.74, 6) is 1.49. The number of aliphatic hydroxyl groups excluding tert-OH is 1. The van der Waals surface area contributed by atoms with Crippen molar-refractivity contribution < 1.29 is 9.90 Å². The number of nitrogens with zero attached hydrogens (tertiary/aromatic N) is 1. The van der Waals surface area contributed by atoms with Crippen LogP contribution in [0, 0.1) is 11.8 Å². The molecule has 0 radical (unpaired) electrons. The number of nitrogens with one attached hydrogen (secondary N) is 1. The summed E-state index contributed by atoms with van der Waals surface area (Å²) in [6.07, 6.45) is 7.30. The molecule has 1 heterocycles. The third-order valence-corrected chi connectivity index (χ3v) is 6.36. The largest absolute Gasteiger partial charge is 0.392 e. The van der Waals surface area contributed by atoms with E-state index >= 15 is 0 Å². The minimum absolute atomic E-state index is 0.107. The molecule has 2 N–H and O–H groups in total. The van der Waals surface area contributed by atoms with E-state index in [4.69, 9.17) is 0 Å². The van der Waals surface area contributed by atoms with Gasteiger partial charge in [-0.2, -0.15) is 0 Å². The summed E-state index contributed by atoms with van der Waals surface area (Å²) in [5.41, 5.74) is 1.03. The van der Waals surface area contributed by atoms with Crippen LogP contribution in [0.1, 0.15) is 64.9 Å². The van der Waals surface area contributed by atoms with Crippen LogP contribution in [0.15, 0.2) is 30.3 Å². The number of aryl methyl sites for hydroxylation is 1. The number of likely N-dealkylation sites (tertiary alicyclic amines) is 1. The van der Waals surface area contributed by atoms with Crippen molar-refractivity contribution in [2.24, 2.45) is 11.8 Å². The fourth-order valence-corrected chi connectivity index (χ4v) is 4.97. The zero-order chi connectivity index (χ0) is 20.1. The molecule has 28 heavy (non-hydrogen) atoms. The lowest BCUT2D eigenvalue weighted by Crippen LogP contribution is -2.58. The van der Waals surface area contributed by atoms with E-state index in [1.165, 1.54) is 31.2 Å². The highest BCUT2D eigenvalue weighted by molar-refractivity contribution is 5.82. The van der Waals surface area contributed by atoms with Gasteiger partial charge in [-0.15, -0.1) is 0 Å². The van der Waals surface area contributed by atoms with Crippen molar-refractivity contribution in [3.8, 4) is 0 Å². The first kappa shape index (κ1) is 21.3. The Morgan fingerprint density at radius 2 is 1.86 bits per heavy atom. The number of hydrogen-bond acceptors (Lipinski definition) is 3. The molecule has 0 spiro atoms. The highest BCUT2D eigenvalue weighted by atomic mass is 16.3. The summed E-state index contributed by atoms with van der Waals surface area (Å²) < 4.78 is 0. The maximum Gasteiger partial charge on any atom is 0.237 e. The second-order valence-corrected chi connectivity index (χ2v) is 9.93. The number of rotatable bonds is 6. The second kappa shape index (κ2) is 9.41. The molecule has 4 unspecified atom stereocenters. The number of hydrogen-bond donors (Lipinski definition) is 2. The van der Waals surface area contributed by atoms with Gasteiger partial charge in [0, 0.05) is 18.6 Å². The third-order valence-electron chi connectivity index (χ3n) is 6.36. The molecular weight excluding hydrogens is 348 g/mol. The molecule has 156 valence electrons. The smallest absolute Gasteiger partial charge is 0.237 e. The molecular formula is C24H38N2O2. The Morgan fingerprint density at radius 1 is 1.18 bits per heavy atom. The number of aliphatic hydroxyl groups is 1. The highest BCUT2D eigenvalue weighted by Gasteiger charge is 2.40. The van der Waals surface area contributed by atoms with E-state index in [1.54, 1.807) is 0 Å². The monoisotopic (exact) mass is 386 g/mol. The summed E-state index contributed by atoms with van der Waals surface area (Å²) in [5, 5.41) is 13.9. The van der Waals surface area contributed by atoms with E-state index in [-0.39, 0.29) is 17.5 Å². The summed E-state index contributed by atoms with van der Waals surface area (Å²) in [7, 11) is 0. The predicted octanol–water partition coefficient (Wildman–Crippen LogP) is 3.78. The standard InChI is InChI=1S/C24H38N2O2/c1-24(2,3)25-23(28)22-15-19-11-7-8-12-20(19)16-26(22)17-21(27)14-13-18-9-5-4-6-10-18/h4-6,9-10,19-22,27H,7-8,11-17H2,1-3H3,(H,25,28). The van der Waals surface area contributed by atoms with Crippen LogP contribution < -0.4 is 5.32 Å². The Hall–Kier alpha value is -1.39. The Bertz CT molecular complexity index is 625. The van der Waals surface area contributed by atoms with Crippen molar-refractivity contribution in [1.29, 1.82) is 0 Å². The first-order chi connectivity index (χ1) is 13.3. The number of fused-ring (bicyclic) bond motifs is 1. The topological polar surface area (TPSA) is 52.6 Å². The number of β-amino-alcohol motifs (C(OH)–C–C–N with tert-alkyl or cyclic N) is 1. The van der Waals surface area contributed by atoms with E-state index in [1.807, 2.05) is 39.0 Å². The molecule has 0 aromatic heterocycles. The summed E-state index contributed by atoms with van der Waals surface area (Å²) >= 11 is 0. The first-order valence-corrected chi connectivity index (χ1v) is 11.1. The minimum Gasteiger partial charge on any atom is -0.392 e. The van der Waals surface area contributed by atoms with Crippen LogP contribution in [-0.4, -0.2) is 46.7 Å². The van der Waals surface area contributed by atoms with Crippen LogP contribution in [0.5, 0.6) is 0 Å². The maximum absolute atomic E-state index is 13.0. The van der Waals surface area contributed by atoms with Crippen molar-refractivity contribution >= 4 is 5.91 Å². The van der Waals surface area contributed by atoms with Crippen LogP contribution in [0.2, 0.25) is 0 Å². The van der Waals surface area contributed by atoms with Crippen LogP contribution in [0.25, 0.3) is 0 Å². The van der Waals surface area contributed by atoms with Gasteiger partial charge in [-0.25, -0.2) is 0 Å². The van der Waals surface area contributed by atoms with Gasteiger partial charge < -0.3 is 10.4 Å². The Kier molecular flexibility index (Phi) is 7.16. The van der Waals surface area contributed by atoms with Gasteiger partial charge in [-0.3, -0.25) is 9.69 Å². The molecule has 1 saturated carbocycles. The second-order valence-electron chi connectivity index (χ2n) is 9.93. The normalized spacial score (nSPS) is 27.1. The van der Waals surface area contributed by atoms with Crippen molar-refractivity contribution in [2.75, 3.05) is 13.1 Å². The SMILES string of the molecule is CC(C)(C)NC(=O)C1CC2CCCCC2CN1CC(O)CCc1ccccc1. The van der Waals surface area contributed by atoms with E-state index in [9.17, 15) is 9.90 Å². The number of piperidine rings is 1. The zero-order valence-corrected chi connectivity index (χ0v) is 17.9.